The first-order valence-corrected chi connectivity index (χ1v) is 5.59. The van der Waals surface area contributed by atoms with E-state index in [2.05, 4.69) is 20.5 Å². The fourth-order valence-electron chi connectivity index (χ4n) is 1.39. The van der Waals surface area contributed by atoms with Gasteiger partial charge in [0.25, 0.3) is 5.82 Å². The molecule has 1 aromatic heterocycles. The van der Waals surface area contributed by atoms with Gasteiger partial charge < -0.3 is 15.8 Å². The lowest BCUT2D eigenvalue weighted by Gasteiger charge is -2.05. The molecule has 0 aliphatic rings. The quantitative estimate of drug-likeness (QED) is 0.784. The van der Waals surface area contributed by atoms with Crippen molar-refractivity contribution in [2.75, 3.05) is 18.1 Å². The smallest absolute Gasteiger partial charge is 0.378 e. The van der Waals surface area contributed by atoms with Gasteiger partial charge in [0, 0.05) is 7.05 Å². The highest BCUT2D eigenvalue weighted by atomic mass is 16.5. The lowest BCUT2D eigenvalue weighted by molar-refractivity contribution is 0.0457. The Balaban J connectivity index is 2.02. The number of ether oxygens (including phenoxy) is 1. The SMILES string of the molecule is CNc1nnc(C(=O)OCc2ccccc2)nc1N. The zero-order valence-electron chi connectivity index (χ0n) is 10.3. The van der Waals surface area contributed by atoms with Crippen LogP contribution in [-0.2, 0) is 11.3 Å². The second kappa shape index (κ2) is 5.76. The third-order valence-electron chi connectivity index (χ3n) is 2.35. The number of nitrogens with two attached hydrogens (primary N) is 1. The average molecular weight is 259 g/mol. The molecule has 0 aliphatic heterocycles. The number of aromatic nitrogens is 3. The molecule has 2 rings (SSSR count). The fraction of sp³-hybridized carbons (Fsp3) is 0.167. The molecule has 1 heterocycles. The number of benzene rings is 1. The van der Waals surface area contributed by atoms with Crippen LogP contribution in [0.5, 0.6) is 0 Å². The van der Waals surface area contributed by atoms with Gasteiger partial charge in [-0.2, -0.15) is 4.98 Å². The Labute approximate surface area is 109 Å². The van der Waals surface area contributed by atoms with Gasteiger partial charge in [-0.25, -0.2) is 4.79 Å². The number of hydrogen-bond donors (Lipinski definition) is 2. The summed E-state index contributed by atoms with van der Waals surface area (Å²) in [5, 5.41) is 10.1. The third-order valence-corrected chi connectivity index (χ3v) is 2.35. The molecule has 0 bridgehead atoms. The van der Waals surface area contributed by atoms with E-state index < -0.39 is 5.97 Å². The Morgan fingerprint density at radius 2 is 2.05 bits per heavy atom. The Hall–Kier alpha value is -2.70. The first-order valence-electron chi connectivity index (χ1n) is 5.59. The summed E-state index contributed by atoms with van der Waals surface area (Å²) in [6.07, 6.45) is 0. The molecule has 3 N–H and O–H groups in total. The van der Waals surface area contributed by atoms with Crippen LogP contribution in [-0.4, -0.2) is 28.2 Å². The summed E-state index contributed by atoms with van der Waals surface area (Å²) in [6, 6.07) is 9.31. The number of nitrogens with one attached hydrogen (secondary N) is 1. The molecule has 0 fully saturated rings. The van der Waals surface area contributed by atoms with Crippen molar-refractivity contribution in [3.63, 3.8) is 0 Å². The maximum absolute atomic E-state index is 11.7. The minimum absolute atomic E-state index is 0.101. The highest BCUT2D eigenvalue weighted by Crippen LogP contribution is 2.10. The largest absolute Gasteiger partial charge is 0.455 e. The molecule has 0 saturated heterocycles. The fourth-order valence-corrected chi connectivity index (χ4v) is 1.39. The molecule has 2 aromatic rings. The maximum Gasteiger partial charge on any atom is 0.378 e. The van der Waals surface area contributed by atoms with Crippen molar-refractivity contribution in [2.24, 2.45) is 0 Å². The van der Waals surface area contributed by atoms with Crippen molar-refractivity contribution in [1.82, 2.24) is 15.2 Å². The molecule has 0 saturated carbocycles. The number of carbonyl (C=O) groups excluding carboxylic acids is 1. The Bertz CT molecular complexity index is 574. The Morgan fingerprint density at radius 3 is 2.68 bits per heavy atom. The molecule has 0 spiro atoms. The standard InChI is InChI=1S/C12H13N5O2/c1-14-10-9(13)15-11(17-16-10)12(18)19-7-8-5-3-2-4-6-8/h2-6H,7H2,1H3,(H,14,16)(H2,13,15,17). The number of esters is 1. The highest BCUT2D eigenvalue weighted by molar-refractivity contribution is 5.85. The van der Waals surface area contributed by atoms with Crippen molar-refractivity contribution in [1.29, 1.82) is 0 Å². The van der Waals surface area contributed by atoms with Crippen LogP contribution >= 0.6 is 0 Å². The van der Waals surface area contributed by atoms with Gasteiger partial charge in [0.2, 0.25) is 0 Å². The van der Waals surface area contributed by atoms with Crippen LogP contribution in [0.2, 0.25) is 0 Å². The molecular formula is C12H13N5O2. The summed E-state index contributed by atoms with van der Waals surface area (Å²) < 4.78 is 5.06. The zero-order valence-corrected chi connectivity index (χ0v) is 10.3. The average Bonchev–Trinajstić information content (AvgIpc) is 2.45. The van der Waals surface area contributed by atoms with E-state index in [1.807, 2.05) is 30.3 Å². The minimum atomic E-state index is -0.661. The van der Waals surface area contributed by atoms with Gasteiger partial charge in [-0.3, -0.25) is 0 Å². The number of hydrogen-bond acceptors (Lipinski definition) is 7. The van der Waals surface area contributed by atoms with Gasteiger partial charge >= 0.3 is 5.97 Å². The van der Waals surface area contributed by atoms with E-state index in [0.29, 0.717) is 5.82 Å². The van der Waals surface area contributed by atoms with Crippen molar-refractivity contribution in [3.05, 3.63) is 41.7 Å². The second-order valence-electron chi connectivity index (χ2n) is 3.68. The van der Waals surface area contributed by atoms with Crippen LogP contribution in [0.4, 0.5) is 11.6 Å². The number of carbonyl (C=O) groups is 1. The molecule has 0 unspecified atom stereocenters. The summed E-state index contributed by atoms with van der Waals surface area (Å²) >= 11 is 0. The topological polar surface area (TPSA) is 103 Å². The lowest BCUT2D eigenvalue weighted by Crippen LogP contribution is -2.14. The molecule has 0 radical (unpaired) electrons. The molecule has 0 aliphatic carbocycles. The summed E-state index contributed by atoms with van der Waals surface area (Å²) in [6.45, 7) is 0.150. The van der Waals surface area contributed by atoms with Crippen molar-refractivity contribution in [3.8, 4) is 0 Å². The van der Waals surface area contributed by atoms with Crippen LogP contribution in [0.3, 0.4) is 0 Å². The molecule has 0 amide bonds. The number of nitrogens with zero attached hydrogens (tertiary/aromatic N) is 3. The van der Waals surface area contributed by atoms with Crippen LogP contribution in [0.1, 0.15) is 16.2 Å². The van der Waals surface area contributed by atoms with Crippen LogP contribution in [0.25, 0.3) is 0 Å². The third kappa shape index (κ3) is 3.15. The van der Waals surface area contributed by atoms with Gasteiger partial charge in [-0.1, -0.05) is 30.3 Å². The highest BCUT2D eigenvalue weighted by Gasteiger charge is 2.14. The van der Waals surface area contributed by atoms with Crippen LogP contribution < -0.4 is 11.1 Å². The first-order chi connectivity index (χ1) is 9.20. The molecule has 98 valence electrons. The van der Waals surface area contributed by atoms with Crippen molar-refractivity contribution >= 4 is 17.6 Å². The monoisotopic (exact) mass is 259 g/mol. The van der Waals surface area contributed by atoms with Gasteiger partial charge in [-0.15, -0.1) is 10.2 Å². The van der Waals surface area contributed by atoms with Crippen molar-refractivity contribution in [2.45, 2.75) is 6.61 Å². The van der Waals surface area contributed by atoms with E-state index in [1.54, 1.807) is 7.05 Å². The van der Waals surface area contributed by atoms with E-state index in [1.165, 1.54) is 0 Å². The van der Waals surface area contributed by atoms with Crippen LogP contribution in [0.15, 0.2) is 30.3 Å². The molecule has 19 heavy (non-hydrogen) atoms. The summed E-state index contributed by atoms with van der Waals surface area (Å²) in [5.41, 5.74) is 6.47. The van der Waals surface area contributed by atoms with E-state index in [0.717, 1.165) is 5.56 Å². The van der Waals surface area contributed by atoms with Gasteiger partial charge in [0.15, 0.2) is 11.6 Å². The van der Waals surface area contributed by atoms with Crippen LogP contribution in [0, 0.1) is 0 Å². The van der Waals surface area contributed by atoms with E-state index in [4.69, 9.17) is 10.5 Å². The second-order valence-corrected chi connectivity index (χ2v) is 3.68. The van der Waals surface area contributed by atoms with E-state index in [-0.39, 0.29) is 18.2 Å². The van der Waals surface area contributed by atoms with Crippen molar-refractivity contribution < 1.29 is 9.53 Å². The lowest BCUT2D eigenvalue weighted by atomic mass is 10.2. The first kappa shape index (κ1) is 12.7. The molecular weight excluding hydrogens is 246 g/mol. The molecule has 7 heteroatoms. The summed E-state index contributed by atoms with van der Waals surface area (Å²) in [7, 11) is 1.63. The minimum Gasteiger partial charge on any atom is -0.455 e. The molecule has 1 aromatic carbocycles. The van der Waals surface area contributed by atoms with E-state index >= 15 is 0 Å². The van der Waals surface area contributed by atoms with E-state index in [9.17, 15) is 4.79 Å². The number of rotatable bonds is 4. The predicted octanol–water partition coefficient (Wildman–Crippen LogP) is 0.853. The van der Waals surface area contributed by atoms with Gasteiger partial charge in [-0.05, 0) is 5.56 Å². The number of anilines is 2. The number of nitrogen functional groups attached to an aromatic ring is 1. The normalized spacial score (nSPS) is 9.95. The summed E-state index contributed by atoms with van der Waals surface area (Å²) in [4.78, 5) is 15.5. The molecule has 7 nitrogen and oxygen atoms in total. The Kier molecular flexibility index (Phi) is 3.87. The molecule has 0 atom stereocenters. The van der Waals surface area contributed by atoms with Gasteiger partial charge in [0.05, 0.1) is 0 Å². The maximum atomic E-state index is 11.7. The Morgan fingerprint density at radius 1 is 1.32 bits per heavy atom. The predicted molar refractivity (Wildman–Crippen MR) is 69.3 cm³/mol. The summed E-state index contributed by atoms with van der Waals surface area (Å²) in [5.74, 6) is -0.401. The zero-order chi connectivity index (χ0) is 13.7. The van der Waals surface area contributed by atoms with Gasteiger partial charge in [0.1, 0.15) is 6.61 Å².